The van der Waals surface area contributed by atoms with Crippen LogP contribution in [0.3, 0.4) is 0 Å². The Labute approximate surface area is 128 Å². The van der Waals surface area contributed by atoms with Crippen molar-refractivity contribution in [2.24, 2.45) is 0 Å². The van der Waals surface area contributed by atoms with Gasteiger partial charge in [-0.05, 0) is 45.7 Å². The van der Waals surface area contributed by atoms with Crippen molar-refractivity contribution in [3.63, 3.8) is 0 Å². The van der Waals surface area contributed by atoms with E-state index in [1.807, 2.05) is 0 Å². The number of rotatable bonds is 2. The number of likely N-dealkylation sites (tertiary alicyclic amines) is 1. The lowest BCUT2D eigenvalue weighted by Crippen LogP contribution is -2.49. The molecular weight excluding hydrogens is 295 g/mol. The summed E-state index contributed by atoms with van der Waals surface area (Å²) in [4.78, 5) is 2.39. The first-order chi connectivity index (χ1) is 10.3. The minimum atomic E-state index is -4.68. The fourth-order valence-electron chi connectivity index (χ4n) is 3.71. The van der Waals surface area contributed by atoms with Crippen molar-refractivity contribution in [2.45, 2.75) is 64.2 Å². The van der Waals surface area contributed by atoms with Crippen LogP contribution in [-0.4, -0.2) is 29.4 Å². The molecule has 1 fully saturated rings. The highest BCUT2D eigenvalue weighted by Gasteiger charge is 2.44. The van der Waals surface area contributed by atoms with Crippen LogP contribution in [0.1, 0.15) is 45.2 Å². The van der Waals surface area contributed by atoms with E-state index in [0.29, 0.717) is 17.8 Å². The molecule has 0 aromatic heterocycles. The second kappa shape index (κ2) is 5.33. The summed E-state index contributed by atoms with van der Waals surface area (Å²) in [6, 6.07) is 5.32. The molecule has 0 saturated carbocycles. The van der Waals surface area contributed by atoms with Crippen LogP contribution in [0, 0.1) is 0 Å². The zero-order valence-electron chi connectivity index (χ0n) is 12.9. The van der Waals surface area contributed by atoms with E-state index in [1.165, 1.54) is 12.1 Å². The zero-order valence-corrected chi connectivity index (χ0v) is 12.9. The molecule has 3 rings (SSSR count). The minimum Gasteiger partial charge on any atom is -0.488 e. The number of hydrogen-bond donors (Lipinski definition) is 0. The van der Waals surface area contributed by atoms with Crippen molar-refractivity contribution >= 4 is 0 Å². The topological polar surface area (TPSA) is 21.7 Å². The number of benzene rings is 1. The van der Waals surface area contributed by atoms with E-state index in [4.69, 9.17) is 4.74 Å². The molecule has 2 heterocycles. The first-order valence-corrected chi connectivity index (χ1v) is 7.60. The Morgan fingerprint density at radius 3 is 2.64 bits per heavy atom. The highest BCUT2D eigenvalue weighted by Crippen LogP contribution is 2.48. The zero-order chi connectivity index (χ0) is 16.1. The van der Waals surface area contributed by atoms with Gasteiger partial charge >= 0.3 is 6.36 Å². The summed E-state index contributed by atoms with van der Waals surface area (Å²) in [5.74, 6) is 0.283. The summed E-state index contributed by atoms with van der Waals surface area (Å²) in [7, 11) is 0. The molecule has 0 N–H and O–H groups in total. The maximum absolute atomic E-state index is 12.3. The van der Waals surface area contributed by atoms with Gasteiger partial charge in [0.2, 0.25) is 0 Å². The van der Waals surface area contributed by atoms with Gasteiger partial charge in [0.25, 0.3) is 0 Å². The summed E-state index contributed by atoms with van der Waals surface area (Å²) in [5, 5.41) is 0. The summed E-state index contributed by atoms with van der Waals surface area (Å²) in [5.41, 5.74) is 0.958. The van der Waals surface area contributed by atoms with E-state index in [-0.39, 0.29) is 17.9 Å². The quantitative estimate of drug-likeness (QED) is 0.813. The lowest BCUT2D eigenvalue weighted by Gasteiger charge is -2.44. The molecule has 2 aliphatic heterocycles. The van der Waals surface area contributed by atoms with Crippen LogP contribution < -0.4 is 9.47 Å². The largest absolute Gasteiger partial charge is 0.573 e. The number of ether oxygens (including phenoxy) is 2. The lowest BCUT2D eigenvalue weighted by molar-refractivity contribution is -0.274. The van der Waals surface area contributed by atoms with Crippen LogP contribution in [0.4, 0.5) is 13.2 Å². The first-order valence-electron chi connectivity index (χ1n) is 7.60. The highest BCUT2D eigenvalue weighted by atomic mass is 19.4. The molecule has 1 unspecified atom stereocenters. The Balaban J connectivity index is 1.92. The Kier molecular flexibility index (Phi) is 3.75. The van der Waals surface area contributed by atoms with Crippen LogP contribution in [0.2, 0.25) is 0 Å². The van der Waals surface area contributed by atoms with E-state index in [2.05, 4.69) is 30.4 Å². The second-order valence-corrected chi connectivity index (χ2v) is 6.32. The predicted octanol–water partition coefficient (Wildman–Crippen LogP) is 4.28. The molecular formula is C16H20F3NO2. The molecule has 0 aliphatic carbocycles. The Morgan fingerprint density at radius 1 is 1.27 bits per heavy atom. The third-order valence-corrected chi connectivity index (χ3v) is 4.46. The van der Waals surface area contributed by atoms with Crippen LogP contribution in [0.15, 0.2) is 18.2 Å². The van der Waals surface area contributed by atoms with Crippen molar-refractivity contribution < 1.29 is 22.6 Å². The Morgan fingerprint density at radius 2 is 2.00 bits per heavy atom. The number of fused-ring (bicyclic) bond motifs is 3. The van der Waals surface area contributed by atoms with E-state index in [9.17, 15) is 13.2 Å². The van der Waals surface area contributed by atoms with Gasteiger partial charge in [-0.1, -0.05) is 0 Å². The van der Waals surface area contributed by atoms with E-state index in [0.717, 1.165) is 18.4 Å². The minimum absolute atomic E-state index is 0.00902. The summed E-state index contributed by atoms with van der Waals surface area (Å²) in [6.45, 7) is 6.46. The normalized spacial score (nSPS) is 28.2. The number of piperidine rings is 1. The van der Waals surface area contributed by atoms with Crippen LogP contribution in [0.5, 0.6) is 11.5 Å². The maximum Gasteiger partial charge on any atom is 0.573 e. The molecule has 2 aliphatic rings. The molecule has 0 bridgehead atoms. The molecule has 0 spiro atoms. The van der Waals surface area contributed by atoms with Gasteiger partial charge in [-0.2, -0.15) is 0 Å². The molecule has 122 valence electrons. The molecule has 3 nitrogen and oxygen atoms in total. The van der Waals surface area contributed by atoms with Gasteiger partial charge in [0, 0.05) is 23.7 Å². The summed E-state index contributed by atoms with van der Waals surface area (Å²) >= 11 is 0. The molecule has 1 saturated heterocycles. The van der Waals surface area contributed by atoms with Gasteiger partial charge in [0.15, 0.2) is 0 Å². The number of nitrogens with zero attached hydrogens (tertiary/aromatic N) is 1. The molecule has 0 amide bonds. The van der Waals surface area contributed by atoms with E-state index < -0.39 is 6.36 Å². The Bertz CT molecular complexity index is 559. The van der Waals surface area contributed by atoms with Gasteiger partial charge in [0.05, 0.1) is 6.04 Å². The lowest BCUT2D eigenvalue weighted by atomic mass is 9.89. The molecule has 3 atom stereocenters. The van der Waals surface area contributed by atoms with Gasteiger partial charge < -0.3 is 9.47 Å². The van der Waals surface area contributed by atoms with Gasteiger partial charge in [0.1, 0.15) is 17.6 Å². The standard InChI is InChI=1S/C16H20F3NO2/c1-9(2)20-10(3)4-7-13-15(20)12-6-5-11(8-14(12)21-13)22-16(17,18)19/h5-6,8-10,13,15H,4,7H2,1-3H3/t10?,13-,15-/m0/s1. The molecule has 6 heteroatoms. The fourth-order valence-corrected chi connectivity index (χ4v) is 3.71. The maximum atomic E-state index is 12.3. The predicted molar refractivity (Wildman–Crippen MR) is 76.0 cm³/mol. The van der Waals surface area contributed by atoms with Crippen LogP contribution in [-0.2, 0) is 0 Å². The Hall–Kier alpha value is -1.43. The smallest absolute Gasteiger partial charge is 0.488 e. The average molecular weight is 315 g/mol. The van der Waals surface area contributed by atoms with Crippen molar-refractivity contribution in [3.05, 3.63) is 23.8 Å². The SMILES string of the molecule is CC(C)N1C(C)CC[C@@H]2Oc3cc(OC(F)(F)F)ccc3[C@@H]21. The monoisotopic (exact) mass is 315 g/mol. The third kappa shape index (κ3) is 2.76. The van der Waals surface area contributed by atoms with Crippen molar-refractivity contribution in [2.75, 3.05) is 0 Å². The van der Waals surface area contributed by atoms with Crippen LogP contribution >= 0.6 is 0 Å². The second-order valence-electron chi connectivity index (χ2n) is 6.32. The number of hydrogen-bond acceptors (Lipinski definition) is 3. The van der Waals surface area contributed by atoms with E-state index in [1.54, 1.807) is 6.07 Å². The molecule has 1 aromatic rings. The summed E-state index contributed by atoms with van der Waals surface area (Å²) < 4.78 is 46.9. The number of alkyl halides is 3. The highest BCUT2D eigenvalue weighted by molar-refractivity contribution is 5.46. The van der Waals surface area contributed by atoms with Gasteiger partial charge in [-0.25, -0.2) is 0 Å². The van der Waals surface area contributed by atoms with Crippen molar-refractivity contribution in [1.29, 1.82) is 0 Å². The van der Waals surface area contributed by atoms with Gasteiger partial charge in [-0.15, -0.1) is 13.2 Å². The molecule has 0 radical (unpaired) electrons. The number of halogens is 3. The van der Waals surface area contributed by atoms with Gasteiger partial charge in [-0.3, -0.25) is 4.90 Å². The first kappa shape index (κ1) is 15.5. The summed E-state index contributed by atoms with van der Waals surface area (Å²) in [6.07, 6.45) is -2.73. The fraction of sp³-hybridized carbons (Fsp3) is 0.625. The van der Waals surface area contributed by atoms with Crippen molar-refractivity contribution in [3.8, 4) is 11.5 Å². The van der Waals surface area contributed by atoms with Crippen LogP contribution in [0.25, 0.3) is 0 Å². The molecule has 1 aromatic carbocycles. The average Bonchev–Trinajstić information content (AvgIpc) is 2.73. The molecule has 22 heavy (non-hydrogen) atoms. The third-order valence-electron chi connectivity index (χ3n) is 4.46. The van der Waals surface area contributed by atoms with Crippen molar-refractivity contribution in [1.82, 2.24) is 4.90 Å². The van der Waals surface area contributed by atoms with E-state index >= 15 is 0 Å².